The Morgan fingerprint density at radius 1 is 1.35 bits per heavy atom. The van der Waals surface area contributed by atoms with Crippen LogP contribution in [0.3, 0.4) is 0 Å². The molecule has 0 radical (unpaired) electrons. The molecule has 0 saturated carbocycles. The molecule has 0 aromatic heterocycles. The van der Waals surface area contributed by atoms with Crippen molar-refractivity contribution < 1.29 is 13.2 Å². The van der Waals surface area contributed by atoms with E-state index in [4.69, 9.17) is 0 Å². The lowest BCUT2D eigenvalue weighted by Gasteiger charge is -2.33. The van der Waals surface area contributed by atoms with E-state index in [1.54, 1.807) is 0 Å². The summed E-state index contributed by atoms with van der Waals surface area (Å²) in [6.07, 6.45) is 2.11. The lowest BCUT2D eigenvalue weighted by Crippen LogP contribution is -2.46. The van der Waals surface area contributed by atoms with Crippen molar-refractivity contribution in [2.24, 2.45) is 0 Å². The molecule has 1 aromatic carbocycles. The topological polar surface area (TPSA) is 69.7 Å². The summed E-state index contributed by atoms with van der Waals surface area (Å²) in [5.41, 5.74) is 2.74. The van der Waals surface area contributed by atoms with Crippen LogP contribution in [-0.4, -0.2) is 62.5 Å². The molecule has 1 aromatic rings. The van der Waals surface area contributed by atoms with Crippen molar-refractivity contribution in [1.29, 1.82) is 0 Å². The summed E-state index contributed by atoms with van der Waals surface area (Å²) in [5.74, 6) is -0.276. The molecule has 0 saturated heterocycles. The Bertz CT molecular complexity index is 660. The van der Waals surface area contributed by atoms with Crippen LogP contribution in [0.4, 0.5) is 0 Å². The van der Waals surface area contributed by atoms with Crippen molar-refractivity contribution in [2.45, 2.75) is 25.9 Å². The molecule has 1 aliphatic rings. The quantitative estimate of drug-likeness (QED) is 0.817. The van der Waals surface area contributed by atoms with E-state index >= 15 is 0 Å². The highest BCUT2D eigenvalue weighted by molar-refractivity contribution is 7.88. The van der Waals surface area contributed by atoms with Gasteiger partial charge in [0, 0.05) is 32.7 Å². The summed E-state index contributed by atoms with van der Waals surface area (Å²) < 4.78 is 23.7. The molecule has 2 rings (SSSR count). The number of likely N-dealkylation sites (N-methyl/N-ethyl adjacent to an activating group) is 1. The number of rotatable bonds is 6. The minimum atomic E-state index is -3.33. The Kier molecular flexibility index (Phi) is 5.78. The molecular formula is C16H25N3O3S. The monoisotopic (exact) mass is 339 g/mol. The first kappa shape index (κ1) is 17.9. The first-order valence-corrected chi connectivity index (χ1v) is 9.61. The second-order valence-electron chi connectivity index (χ2n) is 6.16. The molecule has 6 nitrogen and oxygen atoms in total. The van der Waals surface area contributed by atoms with Crippen LogP contribution in [0.5, 0.6) is 0 Å². The van der Waals surface area contributed by atoms with E-state index in [1.165, 1.54) is 18.2 Å². The van der Waals surface area contributed by atoms with Crippen LogP contribution in [0.2, 0.25) is 0 Å². The number of benzene rings is 1. The van der Waals surface area contributed by atoms with Gasteiger partial charge in [0.1, 0.15) is 0 Å². The minimum Gasteiger partial charge on any atom is -0.353 e. The van der Waals surface area contributed by atoms with Crippen molar-refractivity contribution in [3.8, 4) is 0 Å². The number of sulfonamides is 1. The predicted molar refractivity (Wildman–Crippen MR) is 90.5 cm³/mol. The third-order valence-electron chi connectivity index (χ3n) is 4.31. The van der Waals surface area contributed by atoms with Gasteiger partial charge in [-0.05, 0) is 24.5 Å². The second-order valence-corrected chi connectivity index (χ2v) is 8.25. The Hall–Kier alpha value is -1.44. The normalized spacial score (nSPS) is 16.9. The van der Waals surface area contributed by atoms with Crippen LogP contribution in [0.1, 0.15) is 18.1 Å². The summed E-state index contributed by atoms with van der Waals surface area (Å²) in [6, 6.07) is 8.64. The molecule has 7 heteroatoms. The fourth-order valence-electron chi connectivity index (χ4n) is 2.66. The fourth-order valence-corrected chi connectivity index (χ4v) is 3.01. The number of amides is 1. The summed E-state index contributed by atoms with van der Waals surface area (Å²) >= 11 is 0. The van der Waals surface area contributed by atoms with E-state index in [1.807, 2.05) is 0 Å². The average Bonchev–Trinajstić information content (AvgIpc) is 2.51. The van der Waals surface area contributed by atoms with E-state index in [2.05, 4.69) is 41.4 Å². The zero-order valence-electron chi connectivity index (χ0n) is 13.9. The summed E-state index contributed by atoms with van der Waals surface area (Å²) in [7, 11) is -1.93. The number of hydrogen-bond donors (Lipinski definition) is 1. The van der Waals surface area contributed by atoms with E-state index in [0.29, 0.717) is 6.54 Å². The largest absolute Gasteiger partial charge is 0.353 e. The van der Waals surface area contributed by atoms with Gasteiger partial charge in [-0.15, -0.1) is 0 Å². The van der Waals surface area contributed by atoms with Crippen molar-refractivity contribution in [1.82, 2.24) is 14.5 Å². The molecule has 0 bridgehead atoms. The molecule has 0 unspecified atom stereocenters. The van der Waals surface area contributed by atoms with Crippen molar-refractivity contribution in [2.75, 3.05) is 32.9 Å². The van der Waals surface area contributed by atoms with Gasteiger partial charge in [0.15, 0.2) is 0 Å². The first-order valence-electron chi connectivity index (χ1n) is 7.76. The average molecular weight is 339 g/mol. The molecule has 0 aliphatic carbocycles. The van der Waals surface area contributed by atoms with Crippen LogP contribution in [-0.2, 0) is 27.8 Å². The zero-order chi connectivity index (χ0) is 17.0. The molecule has 23 heavy (non-hydrogen) atoms. The van der Waals surface area contributed by atoms with Gasteiger partial charge in [-0.1, -0.05) is 24.3 Å². The van der Waals surface area contributed by atoms with E-state index in [-0.39, 0.29) is 18.5 Å². The molecule has 0 spiro atoms. The number of carbonyl (C=O) groups is 1. The first-order chi connectivity index (χ1) is 10.8. The van der Waals surface area contributed by atoms with Crippen LogP contribution in [0.15, 0.2) is 24.3 Å². The molecule has 1 aliphatic heterocycles. The molecule has 1 amide bonds. The van der Waals surface area contributed by atoms with Crippen molar-refractivity contribution >= 4 is 15.9 Å². The molecule has 1 atom stereocenters. The van der Waals surface area contributed by atoms with Crippen LogP contribution >= 0.6 is 0 Å². The maximum atomic E-state index is 11.9. The highest BCUT2D eigenvalue weighted by atomic mass is 32.2. The van der Waals surface area contributed by atoms with Gasteiger partial charge >= 0.3 is 0 Å². The van der Waals surface area contributed by atoms with Crippen molar-refractivity contribution in [3.05, 3.63) is 35.4 Å². The molecule has 1 N–H and O–H groups in total. The van der Waals surface area contributed by atoms with Gasteiger partial charge in [-0.2, -0.15) is 4.31 Å². The summed E-state index contributed by atoms with van der Waals surface area (Å²) in [5, 5.41) is 2.82. The lowest BCUT2D eigenvalue weighted by molar-refractivity contribution is -0.121. The number of carbonyl (C=O) groups excluding carboxylic acids is 1. The highest BCUT2D eigenvalue weighted by Crippen LogP contribution is 2.19. The van der Waals surface area contributed by atoms with Gasteiger partial charge in [0.2, 0.25) is 15.9 Å². The smallest absolute Gasteiger partial charge is 0.235 e. The summed E-state index contributed by atoms with van der Waals surface area (Å²) in [4.78, 5) is 14.2. The number of nitrogens with one attached hydrogen (secondary N) is 1. The standard InChI is InChI=1S/C16H25N3O3S/c1-13(10-17-16(20)12-18(2)23(3,21)22)19-9-8-14-6-4-5-7-15(14)11-19/h4-7,13H,8-12H2,1-3H3,(H,17,20)/t13-/m0/s1. The lowest BCUT2D eigenvalue weighted by atomic mass is 9.99. The third kappa shape index (κ3) is 5.02. The molecular weight excluding hydrogens is 314 g/mol. The SMILES string of the molecule is C[C@@H](CNC(=O)CN(C)S(C)(=O)=O)N1CCc2ccccc2C1. The predicted octanol–water partition coefficient (Wildman–Crippen LogP) is 0.441. The Labute approximate surface area is 138 Å². The summed E-state index contributed by atoms with van der Waals surface area (Å²) in [6.45, 7) is 4.30. The van der Waals surface area contributed by atoms with E-state index in [9.17, 15) is 13.2 Å². The Morgan fingerprint density at radius 2 is 2.00 bits per heavy atom. The number of hydrogen-bond acceptors (Lipinski definition) is 4. The van der Waals surface area contributed by atoms with Gasteiger partial charge in [0.25, 0.3) is 0 Å². The van der Waals surface area contributed by atoms with E-state index < -0.39 is 10.0 Å². The van der Waals surface area contributed by atoms with E-state index in [0.717, 1.165) is 30.1 Å². The molecule has 1 heterocycles. The Morgan fingerprint density at radius 3 is 2.65 bits per heavy atom. The molecule has 0 fully saturated rings. The third-order valence-corrected chi connectivity index (χ3v) is 5.57. The van der Waals surface area contributed by atoms with Gasteiger partial charge in [-0.25, -0.2) is 8.42 Å². The second kappa shape index (κ2) is 7.42. The zero-order valence-corrected chi connectivity index (χ0v) is 14.8. The minimum absolute atomic E-state index is 0.144. The maximum absolute atomic E-state index is 11.9. The van der Waals surface area contributed by atoms with Gasteiger partial charge in [0.05, 0.1) is 12.8 Å². The number of nitrogens with zero attached hydrogens (tertiary/aromatic N) is 2. The number of fused-ring (bicyclic) bond motifs is 1. The fraction of sp³-hybridized carbons (Fsp3) is 0.562. The highest BCUT2D eigenvalue weighted by Gasteiger charge is 2.21. The van der Waals surface area contributed by atoms with Gasteiger partial charge in [-0.3, -0.25) is 9.69 Å². The van der Waals surface area contributed by atoms with Crippen molar-refractivity contribution in [3.63, 3.8) is 0 Å². The van der Waals surface area contributed by atoms with Crippen LogP contribution in [0, 0.1) is 0 Å². The maximum Gasteiger partial charge on any atom is 0.235 e. The van der Waals surface area contributed by atoms with Crippen LogP contribution < -0.4 is 5.32 Å². The van der Waals surface area contributed by atoms with Gasteiger partial charge < -0.3 is 5.32 Å². The van der Waals surface area contributed by atoms with Crippen LogP contribution in [0.25, 0.3) is 0 Å². The Balaban J connectivity index is 1.82. The molecule has 128 valence electrons.